The van der Waals surface area contributed by atoms with Crippen LogP contribution in [0.25, 0.3) is 11.1 Å². The van der Waals surface area contributed by atoms with E-state index in [-0.39, 0.29) is 30.6 Å². The van der Waals surface area contributed by atoms with Gasteiger partial charge in [0.1, 0.15) is 6.61 Å². The van der Waals surface area contributed by atoms with Crippen LogP contribution in [0.3, 0.4) is 0 Å². The third kappa shape index (κ3) is 3.61. The Morgan fingerprint density at radius 1 is 1.12 bits per heavy atom. The predicted octanol–water partition coefficient (Wildman–Crippen LogP) is 3.94. The van der Waals surface area contributed by atoms with Crippen LogP contribution in [0.4, 0.5) is 4.79 Å². The third-order valence-corrected chi connectivity index (χ3v) is 4.56. The molecule has 0 aromatic heterocycles. The van der Waals surface area contributed by atoms with Crippen LogP contribution in [0.15, 0.2) is 60.7 Å². The largest absolute Gasteiger partial charge is 0.478 e. The van der Waals surface area contributed by atoms with E-state index in [4.69, 9.17) is 9.84 Å². The van der Waals surface area contributed by atoms with Crippen molar-refractivity contribution in [2.24, 2.45) is 0 Å². The average Bonchev–Trinajstić information content (AvgIpc) is 2.93. The van der Waals surface area contributed by atoms with E-state index in [1.807, 2.05) is 24.3 Å². The smallest absolute Gasteiger partial charge is 0.407 e. The van der Waals surface area contributed by atoms with Gasteiger partial charge in [-0.3, -0.25) is 0 Å². The van der Waals surface area contributed by atoms with Crippen molar-refractivity contribution in [1.82, 2.24) is 5.32 Å². The highest BCUT2D eigenvalue weighted by Gasteiger charge is 2.29. The molecule has 0 spiro atoms. The van der Waals surface area contributed by atoms with E-state index in [1.165, 1.54) is 11.1 Å². The first-order valence-electron chi connectivity index (χ1n) is 8.50. The van der Waals surface area contributed by atoms with Crippen LogP contribution in [0.1, 0.15) is 30.4 Å². The number of aliphatic carboxylic acids is 1. The van der Waals surface area contributed by atoms with Gasteiger partial charge in [0.15, 0.2) is 0 Å². The molecule has 5 heteroatoms. The molecule has 0 bridgehead atoms. The number of nitrogens with one attached hydrogen (secondary N) is 1. The number of amides is 1. The van der Waals surface area contributed by atoms with Crippen molar-refractivity contribution < 1.29 is 19.4 Å². The number of benzene rings is 2. The zero-order valence-corrected chi connectivity index (χ0v) is 14.6. The quantitative estimate of drug-likeness (QED) is 0.773. The van der Waals surface area contributed by atoms with E-state index in [0.717, 1.165) is 11.1 Å². The number of fused-ring (bicyclic) bond motifs is 3. The SMILES string of the molecule is C=C(C[C@@H](C)NC(=O)OCC1c2ccccc2-c2ccccc21)C(=O)O. The maximum absolute atomic E-state index is 12.1. The van der Waals surface area contributed by atoms with Crippen LogP contribution in [-0.4, -0.2) is 29.8 Å². The number of alkyl carbamates (subject to hydrolysis) is 1. The molecule has 134 valence electrons. The molecule has 0 saturated heterocycles. The summed E-state index contributed by atoms with van der Waals surface area (Å²) in [7, 11) is 0. The topological polar surface area (TPSA) is 75.6 Å². The molecule has 0 saturated carbocycles. The van der Waals surface area contributed by atoms with E-state index < -0.39 is 12.1 Å². The molecule has 0 radical (unpaired) electrons. The molecule has 3 rings (SSSR count). The Morgan fingerprint density at radius 2 is 1.65 bits per heavy atom. The lowest BCUT2D eigenvalue weighted by Crippen LogP contribution is -2.34. The van der Waals surface area contributed by atoms with Crippen LogP contribution in [0.2, 0.25) is 0 Å². The first-order chi connectivity index (χ1) is 12.5. The van der Waals surface area contributed by atoms with Gasteiger partial charge < -0.3 is 15.2 Å². The summed E-state index contributed by atoms with van der Waals surface area (Å²) in [6, 6.07) is 15.9. The molecule has 2 aromatic carbocycles. The zero-order valence-electron chi connectivity index (χ0n) is 14.6. The van der Waals surface area contributed by atoms with Gasteiger partial charge in [-0.15, -0.1) is 0 Å². The molecular weight excluding hydrogens is 330 g/mol. The van der Waals surface area contributed by atoms with Gasteiger partial charge in [0.2, 0.25) is 0 Å². The summed E-state index contributed by atoms with van der Waals surface area (Å²) in [4.78, 5) is 22.9. The fourth-order valence-electron chi connectivity index (χ4n) is 3.35. The normalized spacial score (nSPS) is 13.4. The first kappa shape index (κ1) is 17.7. The summed E-state index contributed by atoms with van der Waals surface area (Å²) in [5.74, 6) is -1.07. The van der Waals surface area contributed by atoms with Crippen molar-refractivity contribution in [1.29, 1.82) is 0 Å². The Hall–Kier alpha value is -3.08. The number of carboxylic acid groups (broad SMARTS) is 1. The van der Waals surface area contributed by atoms with Crippen molar-refractivity contribution in [3.63, 3.8) is 0 Å². The molecule has 1 atom stereocenters. The predicted molar refractivity (Wildman–Crippen MR) is 99.1 cm³/mol. The van der Waals surface area contributed by atoms with Crippen LogP contribution < -0.4 is 5.32 Å². The van der Waals surface area contributed by atoms with E-state index >= 15 is 0 Å². The van der Waals surface area contributed by atoms with Crippen LogP contribution >= 0.6 is 0 Å². The van der Waals surface area contributed by atoms with Crippen molar-refractivity contribution in [3.8, 4) is 11.1 Å². The van der Waals surface area contributed by atoms with E-state index in [2.05, 4.69) is 36.2 Å². The number of carboxylic acids is 1. The lowest BCUT2D eigenvalue weighted by molar-refractivity contribution is -0.132. The van der Waals surface area contributed by atoms with Gasteiger partial charge in [0.25, 0.3) is 0 Å². The Kier molecular flexibility index (Phi) is 5.07. The Bertz CT molecular complexity index is 813. The highest BCUT2D eigenvalue weighted by atomic mass is 16.5. The van der Waals surface area contributed by atoms with Gasteiger partial charge in [0.05, 0.1) is 0 Å². The Labute approximate surface area is 152 Å². The van der Waals surface area contributed by atoms with Crippen LogP contribution in [0.5, 0.6) is 0 Å². The monoisotopic (exact) mass is 351 g/mol. The molecule has 2 aromatic rings. The fraction of sp³-hybridized carbons (Fsp3) is 0.238. The molecule has 26 heavy (non-hydrogen) atoms. The number of carbonyl (C=O) groups excluding carboxylic acids is 1. The minimum Gasteiger partial charge on any atom is -0.478 e. The van der Waals surface area contributed by atoms with Gasteiger partial charge in [-0.25, -0.2) is 9.59 Å². The molecule has 0 fully saturated rings. The fourth-order valence-corrected chi connectivity index (χ4v) is 3.35. The third-order valence-electron chi connectivity index (χ3n) is 4.56. The molecule has 1 aliphatic rings. The van der Waals surface area contributed by atoms with Crippen molar-refractivity contribution >= 4 is 12.1 Å². The number of hydrogen-bond donors (Lipinski definition) is 2. The second-order valence-corrected chi connectivity index (χ2v) is 6.48. The van der Waals surface area contributed by atoms with Crippen LogP contribution in [0, 0.1) is 0 Å². The van der Waals surface area contributed by atoms with Gasteiger partial charge in [0, 0.05) is 17.5 Å². The van der Waals surface area contributed by atoms with E-state index in [9.17, 15) is 9.59 Å². The molecule has 1 amide bonds. The minimum atomic E-state index is -1.06. The molecular formula is C21H21NO4. The summed E-state index contributed by atoms with van der Waals surface area (Å²) in [6.45, 7) is 5.42. The van der Waals surface area contributed by atoms with Crippen LogP contribution in [-0.2, 0) is 9.53 Å². The maximum atomic E-state index is 12.1. The molecule has 0 aliphatic heterocycles. The molecule has 0 heterocycles. The maximum Gasteiger partial charge on any atom is 0.407 e. The number of hydrogen-bond acceptors (Lipinski definition) is 3. The van der Waals surface area contributed by atoms with Crippen molar-refractivity contribution in [2.75, 3.05) is 6.61 Å². The summed E-state index contributed by atoms with van der Waals surface area (Å²) in [6.07, 6.45) is -0.392. The first-order valence-corrected chi connectivity index (χ1v) is 8.50. The van der Waals surface area contributed by atoms with Gasteiger partial charge in [-0.1, -0.05) is 55.1 Å². The lowest BCUT2D eigenvalue weighted by atomic mass is 9.98. The molecule has 2 N–H and O–H groups in total. The van der Waals surface area contributed by atoms with Crippen molar-refractivity contribution in [3.05, 3.63) is 71.8 Å². The Morgan fingerprint density at radius 3 is 2.19 bits per heavy atom. The van der Waals surface area contributed by atoms with Gasteiger partial charge in [-0.05, 0) is 35.6 Å². The standard InChI is InChI=1S/C21H21NO4/c1-13(20(23)24)11-14(2)22-21(25)26-12-19-17-9-5-3-7-15(17)16-8-4-6-10-18(16)19/h3-10,14,19H,1,11-12H2,2H3,(H,22,25)(H,23,24)/t14-/m1/s1. The summed E-state index contributed by atoms with van der Waals surface area (Å²) in [5.41, 5.74) is 4.69. The highest BCUT2D eigenvalue weighted by molar-refractivity contribution is 5.86. The zero-order chi connectivity index (χ0) is 18.7. The van der Waals surface area contributed by atoms with Gasteiger partial charge in [-0.2, -0.15) is 0 Å². The van der Waals surface area contributed by atoms with Crippen molar-refractivity contribution in [2.45, 2.75) is 25.3 Å². The highest BCUT2D eigenvalue weighted by Crippen LogP contribution is 2.44. The average molecular weight is 351 g/mol. The second-order valence-electron chi connectivity index (χ2n) is 6.48. The summed E-state index contributed by atoms with van der Waals surface area (Å²) >= 11 is 0. The van der Waals surface area contributed by atoms with E-state index in [0.29, 0.717) is 0 Å². The second kappa shape index (κ2) is 7.44. The lowest BCUT2D eigenvalue weighted by Gasteiger charge is -2.17. The van der Waals surface area contributed by atoms with E-state index in [1.54, 1.807) is 6.92 Å². The summed E-state index contributed by atoms with van der Waals surface area (Å²) in [5, 5.41) is 11.5. The number of carbonyl (C=O) groups is 2. The van der Waals surface area contributed by atoms with Gasteiger partial charge >= 0.3 is 12.1 Å². The Balaban J connectivity index is 1.64. The molecule has 1 aliphatic carbocycles. The number of ether oxygens (including phenoxy) is 1. The molecule has 0 unspecified atom stereocenters. The molecule has 5 nitrogen and oxygen atoms in total. The summed E-state index contributed by atoms with van der Waals surface area (Å²) < 4.78 is 5.43. The minimum absolute atomic E-state index is 0.00237. The number of rotatable bonds is 6.